The summed E-state index contributed by atoms with van der Waals surface area (Å²) in [5, 5.41) is 7.23. The summed E-state index contributed by atoms with van der Waals surface area (Å²) < 4.78 is 28.1. The van der Waals surface area contributed by atoms with E-state index in [9.17, 15) is 4.79 Å². The van der Waals surface area contributed by atoms with Crippen LogP contribution in [-0.2, 0) is 33.9 Å². The molecule has 0 bridgehead atoms. The zero-order chi connectivity index (χ0) is 20.8. The van der Waals surface area contributed by atoms with Gasteiger partial charge in [-0.25, -0.2) is 4.39 Å². The highest BCUT2D eigenvalue weighted by atomic mass is 19.1. The summed E-state index contributed by atoms with van der Waals surface area (Å²) in [5.41, 5.74) is 3.27. The molecule has 1 amide bonds. The van der Waals surface area contributed by atoms with Gasteiger partial charge in [-0.1, -0.05) is 5.92 Å². The SMILES string of the molecule is C#CCn1cc2c(n1)CN(c1ccc(N3CC(CNC(C)=O)OC4OC43)cc1F)C2. The Morgan fingerprint density at radius 3 is 3.00 bits per heavy atom. The molecule has 0 radical (unpaired) electrons. The molecule has 3 aliphatic rings. The summed E-state index contributed by atoms with van der Waals surface area (Å²) in [5.74, 6) is 2.16. The van der Waals surface area contributed by atoms with Crippen LogP contribution >= 0.6 is 0 Å². The standard InChI is InChI=1S/C21H22FN5O3/c1-3-6-26-10-14-9-25(12-18(14)24-26)19-5-4-15(7-17(19)22)27-11-16(8-23-13(2)28)29-21-20(27)30-21/h1,4-5,7,10,16,20-21H,6,8-9,11-12H2,2H3,(H,23,28). The van der Waals surface area contributed by atoms with Gasteiger partial charge in [0.1, 0.15) is 12.4 Å². The minimum atomic E-state index is -0.339. The molecule has 0 aliphatic carbocycles. The maximum Gasteiger partial charge on any atom is 0.216 e. The molecule has 0 saturated carbocycles. The molecule has 30 heavy (non-hydrogen) atoms. The Labute approximate surface area is 173 Å². The third-order valence-electron chi connectivity index (χ3n) is 5.53. The summed E-state index contributed by atoms with van der Waals surface area (Å²) in [7, 11) is 0. The van der Waals surface area contributed by atoms with Crippen LogP contribution in [0.2, 0.25) is 0 Å². The van der Waals surface area contributed by atoms with Crippen molar-refractivity contribution in [2.24, 2.45) is 0 Å². The molecular formula is C21H22FN5O3. The monoisotopic (exact) mass is 411 g/mol. The second-order valence-electron chi connectivity index (χ2n) is 7.74. The molecule has 156 valence electrons. The van der Waals surface area contributed by atoms with Crippen LogP contribution in [0.5, 0.6) is 0 Å². The van der Waals surface area contributed by atoms with Crippen LogP contribution in [0.4, 0.5) is 15.8 Å². The van der Waals surface area contributed by atoms with E-state index in [1.807, 2.05) is 22.1 Å². The topological polar surface area (TPSA) is 75.2 Å². The predicted octanol–water partition coefficient (Wildman–Crippen LogP) is 1.20. The van der Waals surface area contributed by atoms with E-state index >= 15 is 4.39 Å². The Balaban J connectivity index is 1.29. The minimum absolute atomic E-state index is 0.114. The zero-order valence-corrected chi connectivity index (χ0v) is 16.5. The molecule has 4 heterocycles. The van der Waals surface area contributed by atoms with Gasteiger partial charge in [-0.05, 0) is 18.2 Å². The number of nitrogens with zero attached hydrogens (tertiary/aromatic N) is 4. The highest BCUT2D eigenvalue weighted by molar-refractivity contribution is 5.72. The number of ether oxygens (including phenoxy) is 2. The number of epoxide rings is 1. The Hall–Kier alpha value is -3.09. The minimum Gasteiger partial charge on any atom is -0.359 e. The number of anilines is 2. The van der Waals surface area contributed by atoms with Crippen LogP contribution < -0.4 is 15.1 Å². The van der Waals surface area contributed by atoms with E-state index in [1.165, 1.54) is 13.0 Å². The quantitative estimate of drug-likeness (QED) is 0.589. The van der Waals surface area contributed by atoms with Gasteiger partial charge in [0.2, 0.25) is 12.2 Å². The lowest BCUT2D eigenvalue weighted by molar-refractivity contribution is -0.120. The van der Waals surface area contributed by atoms with Gasteiger partial charge in [-0.3, -0.25) is 9.48 Å². The molecule has 5 rings (SSSR count). The van der Waals surface area contributed by atoms with Crippen LogP contribution in [0.1, 0.15) is 18.2 Å². The Bertz CT molecular complexity index is 1010. The Morgan fingerprint density at radius 2 is 2.27 bits per heavy atom. The number of benzene rings is 1. The van der Waals surface area contributed by atoms with Crippen molar-refractivity contribution in [2.75, 3.05) is 22.9 Å². The van der Waals surface area contributed by atoms with E-state index in [2.05, 4.69) is 16.3 Å². The number of morpholine rings is 1. The first-order chi connectivity index (χ1) is 14.5. The smallest absolute Gasteiger partial charge is 0.216 e. The fourth-order valence-electron chi connectivity index (χ4n) is 4.08. The van der Waals surface area contributed by atoms with Crippen molar-refractivity contribution in [1.29, 1.82) is 0 Å². The van der Waals surface area contributed by atoms with E-state index in [-0.39, 0.29) is 30.3 Å². The van der Waals surface area contributed by atoms with Crippen molar-refractivity contribution in [1.82, 2.24) is 15.1 Å². The summed E-state index contributed by atoms with van der Waals surface area (Å²) >= 11 is 0. The predicted molar refractivity (Wildman–Crippen MR) is 107 cm³/mol. The number of carbonyl (C=O) groups is 1. The molecule has 2 aromatic rings. The van der Waals surface area contributed by atoms with Crippen molar-refractivity contribution in [2.45, 2.75) is 45.2 Å². The van der Waals surface area contributed by atoms with Gasteiger partial charge in [0, 0.05) is 44.0 Å². The van der Waals surface area contributed by atoms with Gasteiger partial charge < -0.3 is 24.6 Å². The number of amides is 1. The molecule has 1 aromatic carbocycles. The van der Waals surface area contributed by atoms with Gasteiger partial charge in [0.25, 0.3) is 0 Å². The fraction of sp³-hybridized carbons (Fsp3) is 0.429. The van der Waals surface area contributed by atoms with Crippen LogP contribution in [0, 0.1) is 18.2 Å². The van der Waals surface area contributed by atoms with Crippen molar-refractivity contribution < 1.29 is 18.7 Å². The molecule has 2 saturated heterocycles. The number of nitrogens with one attached hydrogen (secondary N) is 1. The van der Waals surface area contributed by atoms with Crippen LogP contribution in [0.3, 0.4) is 0 Å². The average molecular weight is 411 g/mol. The lowest BCUT2D eigenvalue weighted by Crippen LogP contribution is -2.47. The molecule has 3 aliphatic heterocycles. The first kappa shape index (κ1) is 18.9. The van der Waals surface area contributed by atoms with Crippen molar-refractivity contribution in [3.63, 3.8) is 0 Å². The Morgan fingerprint density at radius 1 is 1.40 bits per heavy atom. The van der Waals surface area contributed by atoms with Crippen LogP contribution in [0.25, 0.3) is 0 Å². The molecule has 1 aromatic heterocycles. The molecule has 0 spiro atoms. The van der Waals surface area contributed by atoms with E-state index in [0.717, 1.165) is 16.9 Å². The van der Waals surface area contributed by atoms with E-state index < -0.39 is 0 Å². The number of halogens is 1. The molecule has 8 nitrogen and oxygen atoms in total. The second-order valence-corrected chi connectivity index (χ2v) is 7.74. The normalized spacial score (nSPS) is 24.2. The maximum absolute atomic E-state index is 15.0. The number of hydrogen-bond acceptors (Lipinski definition) is 6. The lowest BCUT2D eigenvalue weighted by atomic mass is 10.2. The summed E-state index contributed by atoms with van der Waals surface area (Å²) in [4.78, 5) is 15.1. The van der Waals surface area contributed by atoms with Gasteiger partial charge in [0.15, 0.2) is 6.23 Å². The van der Waals surface area contributed by atoms with E-state index in [1.54, 1.807) is 10.7 Å². The van der Waals surface area contributed by atoms with Crippen molar-refractivity contribution in [3.8, 4) is 12.3 Å². The molecule has 3 atom stereocenters. The average Bonchev–Trinajstić information content (AvgIpc) is 3.25. The summed E-state index contributed by atoms with van der Waals surface area (Å²) in [6.45, 7) is 3.95. The summed E-state index contributed by atoms with van der Waals surface area (Å²) in [6, 6.07) is 5.22. The number of hydrogen-bond donors (Lipinski definition) is 1. The number of fused-ring (bicyclic) bond motifs is 2. The molecule has 2 fully saturated rings. The highest BCUT2D eigenvalue weighted by Gasteiger charge is 2.51. The molecule has 3 unspecified atom stereocenters. The number of carbonyl (C=O) groups excluding carboxylic acids is 1. The summed E-state index contributed by atoms with van der Waals surface area (Å²) in [6.07, 6.45) is 6.50. The number of rotatable bonds is 5. The second kappa shape index (κ2) is 7.31. The first-order valence-corrected chi connectivity index (χ1v) is 9.87. The molecule has 9 heteroatoms. The molecule has 1 N–H and O–H groups in total. The number of aromatic nitrogens is 2. The zero-order valence-electron chi connectivity index (χ0n) is 16.5. The largest absolute Gasteiger partial charge is 0.359 e. The van der Waals surface area contributed by atoms with Gasteiger partial charge >= 0.3 is 0 Å². The lowest BCUT2D eigenvalue weighted by Gasteiger charge is -2.32. The van der Waals surface area contributed by atoms with E-state index in [0.29, 0.717) is 38.4 Å². The van der Waals surface area contributed by atoms with Crippen LogP contribution in [0.15, 0.2) is 24.4 Å². The van der Waals surface area contributed by atoms with Gasteiger partial charge in [-0.15, -0.1) is 6.42 Å². The fourth-order valence-corrected chi connectivity index (χ4v) is 4.08. The van der Waals surface area contributed by atoms with E-state index in [4.69, 9.17) is 15.9 Å². The third kappa shape index (κ3) is 3.49. The van der Waals surface area contributed by atoms with Gasteiger partial charge in [-0.2, -0.15) is 5.10 Å². The molecular weight excluding hydrogens is 389 g/mol. The Kier molecular flexibility index (Phi) is 4.60. The highest BCUT2D eigenvalue weighted by Crippen LogP contribution is 2.38. The maximum atomic E-state index is 15.0. The van der Waals surface area contributed by atoms with Gasteiger partial charge in [0.05, 0.1) is 24.0 Å². The first-order valence-electron chi connectivity index (χ1n) is 9.87. The van der Waals surface area contributed by atoms with Crippen LogP contribution in [-0.4, -0.2) is 47.4 Å². The number of terminal acetylenes is 1. The van der Waals surface area contributed by atoms with Crippen molar-refractivity contribution in [3.05, 3.63) is 41.5 Å². The van der Waals surface area contributed by atoms with Crippen molar-refractivity contribution >= 4 is 17.3 Å². The third-order valence-corrected chi connectivity index (χ3v) is 5.53.